The Morgan fingerprint density at radius 1 is 1.28 bits per heavy atom. The van der Waals surface area contributed by atoms with Gasteiger partial charge in [0.25, 0.3) is 0 Å². The Morgan fingerprint density at radius 2 is 2.06 bits per heavy atom. The molecular weight excluding hydrogens is 238 g/mol. The van der Waals surface area contributed by atoms with Gasteiger partial charge in [-0.05, 0) is 42.7 Å². The molecule has 1 aromatic rings. The van der Waals surface area contributed by atoms with Gasteiger partial charge in [0.05, 0.1) is 0 Å². The van der Waals surface area contributed by atoms with Crippen LogP contribution in [0.2, 0.25) is 0 Å². The maximum Gasteiger partial charge on any atom is 0.0266 e. The normalized spacial score (nSPS) is 18.8. The van der Waals surface area contributed by atoms with Crippen LogP contribution in [0.25, 0.3) is 0 Å². The Morgan fingerprint density at radius 3 is 2.78 bits per heavy atom. The van der Waals surface area contributed by atoms with Crippen molar-refractivity contribution in [3.63, 3.8) is 0 Å². The van der Waals surface area contributed by atoms with Crippen molar-refractivity contribution in [2.45, 2.75) is 56.4 Å². The molecule has 0 heterocycles. The van der Waals surface area contributed by atoms with E-state index in [0.29, 0.717) is 0 Å². The highest BCUT2D eigenvalue weighted by atomic mass is 32.2. The van der Waals surface area contributed by atoms with E-state index in [1.54, 1.807) is 0 Å². The molecule has 1 atom stereocenters. The minimum absolute atomic E-state index is 0.142. The molecule has 1 unspecified atom stereocenters. The van der Waals surface area contributed by atoms with E-state index in [1.807, 2.05) is 18.7 Å². The van der Waals surface area contributed by atoms with Gasteiger partial charge in [-0.3, -0.25) is 0 Å². The maximum absolute atomic E-state index is 5.92. The monoisotopic (exact) mass is 263 g/mol. The molecule has 0 aliphatic heterocycles. The van der Waals surface area contributed by atoms with Gasteiger partial charge < -0.3 is 5.73 Å². The zero-order valence-corrected chi connectivity index (χ0v) is 12.2. The predicted octanol–water partition coefficient (Wildman–Crippen LogP) is 4.77. The quantitative estimate of drug-likeness (QED) is 0.774. The molecule has 1 nitrogen and oxygen atoms in total. The summed E-state index contributed by atoms with van der Waals surface area (Å²) in [4.78, 5) is 1.38. The number of nitrogens with two attached hydrogens (primary N) is 1. The molecule has 0 saturated heterocycles. The molecule has 1 aliphatic rings. The summed E-state index contributed by atoms with van der Waals surface area (Å²) in [7, 11) is 0. The van der Waals surface area contributed by atoms with Gasteiger partial charge in [-0.25, -0.2) is 0 Å². The van der Waals surface area contributed by atoms with Crippen LogP contribution in [0.4, 0.5) is 0 Å². The fraction of sp³-hybridized carbons (Fsp3) is 0.625. The van der Waals surface area contributed by atoms with Crippen LogP contribution >= 0.6 is 11.8 Å². The third-order valence-electron chi connectivity index (χ3n) is 3.90. The highest BCUT2D eigenvalue weighted by molar-refractivity contribution is 7.99. The van der Waals surface area contributed by atoms with Crippen molar-refractivity contribution in [1.82, 2.24) is 0 Å². The smallest absolute Gasteiger partial charge is 0.0266 e. The third-order valence-corrected chi connectivity index (χ3v) is 4.93. The molecule has 0 bridgehead atoms. The lowest BCUT2D eigenvalue weighted by Crippen LogP contribution is -2.07. The number of hydrogen-bond donors (Lipinski definition) is 1. The Kier molecular flexibility index (Phi) is 5.58. The van der Waals surface area contributed by atoms with E-state index < -0.39 is 0 Å². The van der Waals surface area contributed by atoms with Gasteiger partial charge in [-0.15, -0.1) is 11.8 Å². The molecule has 2 heteroatoms. The van der Waals surface area contributed by atoms with Gasteiger partial charge in [0.1, 0.15) is 0 Å². The Labute approximate surface area is 116 Å². The average molecular weight is 263 g/mol. The lowest BCUT2D eigenvalue weighted by molar-refractivity contribution is 0.351. The molecule has 0 radical (unpaired) electrons. The van der Waals surface area contributed by atoms with E-state index in [1.165, 1.54) is 54.7 Å². The molecule has 1 saturated carbocycles. The fourth-order valence-electron chi connectivity index (χ4n) is 2.71. The van der Waals surface area contributed by atoms with Gasteiger partial charge >= 0.3 is 0 Å². The van der Waals surface area contributed by atoms with Gasteiger partial charge in [-0.2, -0.15) is 0 Å². The van der Waals surface area contributed by atoms with E-state index in [2.05, 4.69) is 24.3 Å². The van der Waals surface area contributed by atoms with Crippen LogP contribution in [0.1, 0.15) is 57.1 Å². The number of hydrogen-bond acceptors (Lipinski definition) is 2. The highest BCUT2D eigenvalue weighted by Gasteiger charge is 2.12. The molecular formula is C16H25NS. The summed E-state index contributed by atoms with van der Waals surface area (Å²) in [5.41, 5.74) is 7.17. The molecule has 2 N–H and O–H groups in total. The summed E-state index contributed by atoms with van der Waals surface area (Å²) >= 11 is 1.99. The standard InChI is InChI=1S/C16H25NS/c1-13(17)15-8-5-9-16(12-15)18-11-10-14-6-3-2-4-7-14/h5,8-9,12-14H,2-4,6-7,10-11,17H2,1H3. The van der Waals surface area contributed by atoms with Crippen LogP contribution in [0.15, 0.2) is 29.2 Å². The minimum atomic E-state index is 0.142. The van der Waals surface area contributed by atoms with Crippen molar-refractivity contribution in [2.75, 3.05) is 5.75 Å². The van der Waals surface area contributed by atoms with Crippen molar-refractivity contribution in [2.24, 2.45) is 11.7 Å². The third kappa shape index (κ3) is 4.33. The lowest BCUT2D eigenvalue weighted by Gasteiger charge is -2.21. The topological polar surface area (TPSA) is 26.0 Å². The maximum atomic E-state index is 5.92. The average Bonchev–Trinajstić information content (AvgIpc) is 2.40. The first-order valence-corrected chi connectivity index (χ1v) is 8.22. The molecule has 0 amide bonds. The second-order valence-electron chi connectivity index (χ2n) is 5.50. The SMILES string of the molecule is CC(N)c1cccc(SCCC2CCCCC2)c1. The molecule has 0 aromatic heterocycles. The predicted molar refractivity (Wildman–Crippen MR) is 81.0 cm³/mol. The van der Waals surface area contributed by atoms with Crippen molar-refractivity contribution in [3.8, 4) is 0 Å². The Bertz CT molecular complexity index is 356. The van der Waals surface area contributed by atoms with Gasteiger partial charge in [0.15, 0.2) is 0 Å². The van der Waals surface area contributed by atoms with Crippen LogP contribution in [0, 0.1) is 5.92 Å². The summed E-state index contributed by atoms with van der Waals surface area (Å²) < 4.78 is 0. The van der Waals surface area contributed by atoms with Gasteiger partial charge in [-0.1, -0.05) is 44.2 Å². The first kappa shape index (κ1) is 14.0. The highest BCUT2D eigenvalue weighted by Crippen LogP contribution is 2.29. The molecule has 2 rings (SSSR count). The van der Waals surface area contributed by atoms with Crippen molar-refractivity contribution >= 4 is 11.8 Å². The molecule has 100 valence electrons. The van der Waals surface area contributed by atoms with Crippen LogP contribution in [-0.2, 0) is 0 Å². The van der Waals surface area contributed by atoms with E-state index in [0.717, 1.165) is 5.92 Å². The van der Waals surface area contributed by atoms with E-state index in [-0.39, 0.29) is 6.04 Å². The van der Waals surface area contributed by atoms with Crippen LogP contribution < -0.4 is 5.73 Å². The van der Waals surface area contributed by atoms with Gasteiger partial charge in [0, 0.05) is 10.9 Å². The zero-order valence-electron chi connectivity index (χ0n) is 11.4. The lowest BCUT2D eigenvalue weighted by atomic mass is 9.88. The molecule has 0 spiro atoms. The van der Waals surface area contributed by atoms with E-state index in [4.69, 9.17) is 5.73 Å². The van der Waals surface area contributed by atoms with Crippen LogP contribution in [-0.4, -0.2) is 5.75 Å². The summed E-state index contributed by atoms with van der Waals surface area (Å²) in [5, 5.41) is 0. The van der Waals surface area contributed by atoms with Gasteiger partial charge in [0.2, 0.25) is 0 Å². The first-order valence-electron chi connectivity index (χ1n) is 7.24. The van der Waals surface area contributed by atoms with E-state index >= 15 is 0 Å². The number of benzene rings is 1. The van der Waals surface area contributed by atoms with Crippen LogP contribution in [0.5, 0.6) is 0 Å². The molecule has 1 fully saturated rings. The Hall–Kier alpha value is -0.470. The van der Waals surface area contributed by atoms with E-state index in [9.17, 15) is 0 Å². The first-order chi connectivity index (χ1) is 8.75. The summed E-state index contributed by atoms with van der Waals surface area (Å²) in [6.45, 7) is 2.05. The Balaban J connectivity index is 1.77. The van der Waals surface area contributed by atoms with Crippen molar-refractivity contribution in [1.29, 1.82) is 0 Å². The molecule has 18 heavy (non-hydrogen) atoms. The van der Waals surface area contributed by atoms with Crippen molar-refractivity contribution in [3.05, 3.63) is 29.8 Å². The van der Waals surface area contributed by atoms with Crippen LogP contribution in [0.3, 0.4) is 0 Å². The van der Waals surface area contributed by atoms with Crippen molar-refractivity contribution < 1.29 is 0 Å². The number of thioether (sulfide) groups is 1. The summed E-state index contributed by atoms with van der Waals surface area (Å²) in [6.07, 6.45) is 8.67. The second kappa shape index (κ2) is 7.20. The molecule has 1 aromatic carbocycles. The minimum Gasteiger partial charge on any atom is -0.324 e. The zero-order chi connectivity index (χ0) is 12.8. The summed E-state index contributed by atoms with van der Waals surface area (Å²) in [5.74, 6) is 2.25. The fourth-order valence-corrected chi connectivity index (χ4v) is 3.79. The second-order valence-corrected chi connectivity index (χ2v) is 6.67. The summed E-state index contributed by atoms with van der Waals surface area (Å²) in [6, 6.07) is 8.84. The largest absolute Gasteiger partial charge is 0.324 e. The number of rotatable bonds is 5. The molecule has 1 aliphatic carbocycles.